The van der Waals surface area contributed by atoms with Crippen LogP contribution in [0.25, 0.3) is 0 Å². The Hall–Kier alpha value is -1.26. The Bertz CT molecular complexity index is 447. The molecule has 1 aromatic rings. The molecule has 0 aliphatic carbocycles. The van der Waals surface area contributed by atoms with Crippen LogP contribution in [0.1, 0.15) is 24.2 Å². The molecule has 1 aromatic carbocycles. The van der Waals surface area contributed by atoms with Crippen molar-refractivity contribution >= 4 is 17.5 Å². The van der Waals surface area contributed by atoms with Crippen LogP contribution in [0, 0.1) is 5.92 Å². The van der Waals surface area contributed by atoms with Crippen LogP contribution in [-0.2, 0) is 0 Å². The molecule has 0 aliphatic heterocycles. The van der Waals surface area contributed by atoms with E-state index in [0.29, 0.717) is 11.5 Å². The summed E-state index contributed by atoms with van der Waals surface area (Å²) in [6.45, 7) is 4.91. The zero-order valence-electron chi connectivity index (χ0n) is 11.8. The molecule has 0 radical (unpaired) electrons. The smallest absolute Gasteiger partial charge is 0.251 e. The fourth-order valence-corrected chi connectivity index (χ4v) is 1.90. The van der Waals surface area contributed by atoms with Crippen molar-refractivity contribution < 1.29 is 9.90 Å². The maximum atomic E-state index is 12.1. The van der Waals surface area contributed by atoms with Gasteiger partial charge in [0.15, 0.2) is 0 Å². The van der Waals surface area contributed by atoms with E-state index in [1.54, 1.807) is 6.07 Å². The topological polar surface area (TPSA) is 52.6 Å². The zero-order valence-corrected chi connectivity index (χ0v) is 12.5. The zero-order chi connectivity index (χ0) is 14.6. The van der Waals surface area contributed by atoms with Crippen molar-refractivity contribution in [2.75, 3.05) is 20.6 Å². The number of carbonyl (C=O) groups is 1. The summed E-state index contributed by atoms with van der Waals surface area (Å²) in [5, 5.41) is 12.5. The maximum Gasteiger partial charge on any atom is 0.251 e. The summed E-state index contributed by atoms with van der Waals surface area (Å²) in [7, 11) is 3.94. The lowest BCUT2D eigenvalue weighted by molar-refractivity contribution is 0.0916. The van der Waals surface area contributed by atoms with Gasteiger partial charge in [0, 0.05) is 18.2 Å². The lowest BCUT2D eigenvalue weighted by atomic mass is 10.0. The third-order valence-electron chi connectivity index (χ3n) is 2.89. The highest BCUT2D eigenvalue weighted by Crippen LogP contribution is 2.23. The number of carbonyl (C=O) groups excluding carboxylic acids is 1. The summed E-state index contributed by atoms with van der Waals surface area (Å²) in [5.41, 5.74) is 0.451. The summed E-state index contributed by atoms with van der Waals surface area (Å²) < 4.78 is 0. The van der Waals surface area contributed by atoms with Crippen LogP contribution in [0.3, 0.4) is 0 Å². The number of aromatic hydroxyl groups is 1. The molecule has 0 aromatic heterocycles. The summed E-state index contributed by atoms with van der Waals surface area (Å²) in [6, 6.07) is 4.52. The quantitative estimate of drug-likeness (QED) is 0.873. The minimum absolute atomic E-state index is 0.0214. The van der Waals surface area contributed by atoms with Crippen molar-refractivity contribution in [1.82, 2.24) is 10.2 Å². The Morgan fingerprint density at radius 3 is 2.53 bits per heavy atom. The van der Waals surface area contributed by atoms with E-state index in [0.717, 1.165) is 6.54 Å². The molecule has 0 saturated carbocycles. The van der Waals surface area contributed by atoms with Crippen molar-refractivity contribution in [1.29, 1.82) is 0 Å². The monoisotopic (exact) mass is 284 g/mol. The third kappa shape index (κ3) is 4.73. The number of hydrogen-bond acceptors (Lipinski definition) is 3. The molecular weight excluding hydrogens is 264 g/mol. The van der Waals surface area contributed by atoms with Gasteiger partial charge in [-0.15, -0.1) is 0 Å². The van der Waals surface area contributed by atoms with Gasteiger partial charge in [0.05, 0.1) is 5.02 Å². The van der Waals surface area contributed by atoms with Crippen LogP contribution in [-0.4, -0.2) is 42.6 Å². The van der Waals surface area contributed by atoms with Gasteiger partial charge < -0.3 is 15.3 Å². The number of rotatable bonds is 5. The van der Waals surface area contributed by atoms with Crippen molar-refractivity contribution in [3.05, 3.63) is 28.8 Å². The SMILES string of the molecule is CC(C)C(CN(C)C)NC(=O)c1ccc(O)c(Cl)c1. The van der Waals surface area contributed by atoms with Gasteiger partial charge in [-0.1, -0.05) is 25.4 Å². The van der Waals surface area contributed by atoms with Gasteiger partial charge in [-0.05, 0) is 38.2 Å². The molecule has 0 fully saturated rings. The first kappa shape index (κ1) is 15.8. The molecule has 19 heavy (non-hydrogen) atoms. The minimum Gasteiger partial charge on any atom is -0.506 e. The summed E-state index contributed by atoms with van der Waals surface area (Å²) in [4.78, 5) is 14.2. The van der Waals surface area contributed by atoms with Crippen molar-refractivity contribution in [3.63, 3.8) is 0 Å². The number of halogens is 1. The first-order valence-electron chi connectivity index (χ1n) is 6.25. The van der Waals surface area contributed by atoms with Gasteiger partial charge in [0.25, 0.3) is 5.91 Å². The number of likely N-dealkylation sites (N-methyl/N-ethyl adjacent to an activating group) is 1. The largest absolute Gasteiger partial charge is 0.506 e. The lowest BCUT2D eigenvalue weighted by Gasteiger charge is -2.25. The molecule has 0 heterocycles. The van der Waals surface area contributed by atoms with Gasteiger partial charge in [0.1, 0.15) is 5.75 Å². The maximum absolute atomic E-state index is 12.1. The molecule has 1 rings (SSSR count). The third-order valence-corrected chi connectivity index (χ3v) is 3.20. The van der Waals surface area contributed by atoms with E-state index in [1.807, 2.05) is 19.0 Å². The Labute approximate surface area is 119 Å². The van der Waals surface area contributed by atoms with Gasteiger partial charge in [-0.25, -0.2) is 0 Å². The van der Waals surface area contributed by atoms with E-state index in [1.165, 1.54) is 12.1 Å². The predicted molar refractivity (Wildman–Crippen MR) is 77.8 cm³/mol. The number of benzene rings is 1. The van der Waals surface area contributed by atoms with Gasteiger partial charge in [-0.2, -0.15) is 0 Å². The summed E-state index contributed by atoms with van der Waals surface area (Å²) >= 11 is 5.80. The fraction of sp³-hybridized carbons (Fsp3) is 0.500. The van der Waals surface area contributed by atoms with E-state index >= 15 is 0 Å². The van der Waals surface area contributed by atoms with Gasteiger partial charge in [0.2, 0.25) is 0 Å². The highest BCUT2D eigenvalue weighted by Gasteiger charge is 2.18. The molecule has 0 saturated heterocycles. The number of phenols is 1. The Morgan fingerprint density at radius 1 is 1.42 bits per heavy atom. The second-order valence-corrected chi connectivity index (χ2v) is 5.66. The van der Waals surface area contributed by atoms with E-state index < -0.39 is 0 Å². The molecule has 0 aliphatic rings. The van der Waals surface area contributed by atoms with Crippen LogP contribution >= 0.6 is 11.6 Å². The van der Waals surface area contributed by atoms with Crippen molar-refractivity contribution in [2.45, 2.75) is 19.9 Å². The van der Waals surface area contributed by atoms with Crippen LogP contribution < -0.4 is 5.32 Å². The highest BCUT2D eigenvalue weighted by molar-refractivity contribution is 6.32. The average Bonchev–Trinajstić information content (AvgIpc) is 2.31. The normalized spacial score (nSPS) is 12.8. The van der Waals surface area contributed by atoms with Crippen LogP contribution in [0.5, 0.6) is 5.75 Å². The van der Waals surface area contributed by atoms with E-state index in [4.69, 9.17) is 11.6 Å². The molecule has 0 bridgehead atoms. The molecule has 2 N–H and O–H groups in total. The fourth-order valence-electron chi connectivity index (χ4n) is 1.72. The molecule has 1 unspecified atom stereocenters. The lowest BCUT2D eigenvalue weighted by Crippen LogP contribution is -2.45. The Balaban J connectivity index is 2.78. The first-order valence-corrected chi connectivity index (χ1v) is 6.63. The Kier molecular flexibility index (Phi) is 5.63. The van der Waals surface area contributed by atoms with E-state index in [9.17, 15) is 9.90 Å². The predicted octanol–water partition coefficient (Wildman–Crippen LogP) is 2.36. The van der Waals surface area contributed by atoms with Crippen LogP contribution in [0.4, 0.5) is 0 Å². The highest BCUT2D eigenvalue weighted by atomic mass is 35.5. The molecule has 106 valence electrons. The summed E-state index contributed by atoms with van der Waals surface area (Å²) in [5.74, 6) is 0.133. The number of hydrogen-bond donors (Lipinski definition) is 2. The van der Waals surface area contributed by atoms with Gasteiger partial charge >= 0.3 is 0 Å². The molecule has 4 nitrogen and oxygen atoms in total. The molecule has 1 amide bonds. The van der Waals surface area contributed by atoms with Crippen LogP contribution in [0.2, 0.25) is 5.02 Å². The van der Waals surface area contributed by atoms with Crippen LogP contribution in [0.15, 0.2) is 18.2 Å². The second-order valence-electron chi connectivity index (χ2n) is 5.25. The number of nitrogens with one attached hydrogen (secondary N) is 1. The van der Waals surface area contributed by atoms with E-state index in [-0.39, 0.29) is 22.7 Å². The van der Waals surface area contributed by atoms with Crippen molar-refractivity contribution in [3.8, 4) is 5.75 Å². The molecule has 1 atom stereocenters. The minimum atomic E-state index is -0.178. The molecule has 5 heteroatoms. The standard InChI is InChI=1S/C14H21ClN2O2/c1-9(2)12(8-17(3)4)16-14(19)10-5-6-13(18)11(15)7-10/h5-7,9,12,18H,8H2,1-4H3,(H,16,19). The average molecular weight is 285 g/mol. The molecule has 0 spiro atoms. The second kappa shape index (κ2) is 6.78. The number of amides is 1. The number of nitrogens with zero attached hydrogens (tertiary/aromatic N) is 1. The van der Waals surface area contributed by atoms with E-state index in [2.05, 4.69) is 19.2 Å². The van der Waals surface area contributed by atoms with Gasteiger partial charge in [-0.3, -0.25) is 4.79 Å². The summed E-state index contributed by atoms with van der Waals surface area (Å²) in [6.07, 6.45) is 0. The van der Waals surface area contributed by atoms with Crippen molar-refractivity contribution in [2.24, 2.45) is 5.92 Å². The first-order chi connectivity index (χ1) is 8.81. The number of phenolic OH excluding ortho intramolecular Hbond substituents is 1. The molecular formula is C14H21ClN2O2. The Morgan fingerprint density at radius 2 is 2.05 bits per heavy atom.